The number of amides is 1. The summed E-state index contributed by atoms with van der Waals surface area (Å²) in [6.45, 7) is 0. The molecule has 108 valence electrons. The van der Waals surface area contributed by atoms with Crippen LogP contribution in [0.25, 0.3) is 0 Å². The average molecular weight is 305 g/mol. The largest absolute Gasteiger partial charge is 0.465 e. The number of ether oxygens (including phenoxy) is 1. The molecule has 0 saturated heterocycles. The molecule has 0 unspecified atom stereocenters. The zero-order chi connectivity index (χ0) is 15.4. The Balaban J connectivity index is 2.21. The standard InChI is InChI=1S/C15H13ClN2O3/c1-21-15(20)9-3-2-4-11(7-9)18-14(19)12-6-5-10(16)8-13(12)17/h2-8H,17H2,1H3,(H,18,19). The van der Waals surface area contributed by atoms with E-state index in [1.807, 2.05) is 0 Å². The predicted molar refractivity (Wildman–Crippen MR) is 81.6 cm³/mol. The van der Waals surface area contributed by atoms with Gasteiger partial charge in [0.2, 0.25) is 0 Å². The van der Waals surface area contributed by atoms with Crippen molar-refractivity contribution in [3.05, 3.63) is 58.6 Å². The highest BCUT2D eigenvalue weighted by Gasteiger charge is 2.12. The third-order valence-corrected chi connectivity index (χ3v) is 3.03. The maximum Gasteiger partial charge on any atom is 0.337 e. The molecule has 0 aliphatic carbocycles. The number of benzene rings is 2. The van der Waals surface area contributed by atoms with Crippen molar-refractivity contribution < 1.29 is 14.3 Å². The van der Waals surface area contributed by atoms with Crippen LogP contribution in [0, 0.1) is 0 Å². The van der Waals surface area contributed by atoms with Crippen molar-refractivity contribution in [2.75, 3.05) is 18.2 Å². The number of nitrogen functional groups attached to an aromatic ring is 1. The van der Waals surface area contributed by atoms with Gasteiger partial charge in [-0.3, -0.25) is 4.79 Å². The number of methoxy groups -OCH3 is 1. The molecule has 2 aromatic rings. The van der Waals surface area contributed by atoms with Crippen molar-refractivity contribution in [2.45, 2.75) is 0 Å². The number of hydrogen-bond acceptors (Lipinski definition) is 4. The summed E-state index contributed by atoms with van der Waals surface area (Å²) in [7, 11) is 1.29. The molecule has 0 atom stereocenters. The Morgan fingerprint density at radius 3 is 2.62 bits per heavy atom. The Morgan fingerprint density at radius 2 is 1.95 bits per heavy atom. The number of halogens is 1. The predicted octanol–water partition coefficient (Wildman–Crippen LogP) is 2.96. The number of nitrogens with one attached hydrogen (secondary N) is 1. The molecule has 0 aromatic heterocycles. The van der Waals surface area contributed by atoms with Gasteiger partial charge in [-0.2, -0.15) is 0 Å². The summed E-state index contributed by atoms with van der Waals surface area (Å²) in [5.41, 5.74) is 7.16. The van der Waals surface area contributed by atoms with E-state index in [-0.39, 0.29) is 11.6 Å². The van der Waals surface area contributed by atoms with Crippen molar-refractivity contribution in [1.29, 1.82) is 0 Å². The zero-order valence-electron chi connectivity index (χ0n) is 11.2. The Bertz CT molecular complexity index is 701. The van der Waals surface area contributed by atoms with E-state index < -0.39 is 5.97 Å². The molecule has 2 aromatic carbocycles. The van der Waals surface area contributed by atoms with E-state index in [4.69, 9.17) is 17.3 Å². The number of esters is 1. The summed E-state index contributed by atoms with van der Waals surface area (Å²) in [6, 6.07) is 11.0. The fourth-order valence-electron chi connectivity index (χ4n) is 1.78. The van der Waals surface area contributed by atoms with Crippen molar-refractivity contribution in [1.82, 2.24) is 0 Å². The van der Waals surface area contributed by atoms with Crippen LogP contribution in [-0.2, 0) is 4.74 Å². The van der Waals surface area contributed by atoms with Crippen LogP contribution in [0.15, 0.2) is 42.5 Å². The SMILES string of the molecule is COC(=O)c1cccc(NC(=O)c2ccc(Cl)cc2N)c1. The molecule has 0 bridgehead atoms. The van der Waals surface area contributed by atoms with E-state index in [2.05, 4.69) is 10.1 Å². The topological polar surface area (TPSA) is 81.4 Å². The summed E-state index contributed by atoms with van der Waals surface area (Å²) in [5.74, 6) is -0.858. The van der Waals surface area contributed by atoms with Crippen LogP contribution in [0.5, 0.6) is 0 Å². The number of carbonyl (C=O) groups is 2. The van der Waals surface area contributed by atoms with Crippen LogP contribution in [-0.4, -0.2) is 19.0 Å². The second-order valence-electron chi connectivity index (χ2n) is 4.26. The lowest BCUT2D eigenvalue weighted by Gasteiger charge is -2.09. The van der Waals surface area contributed by atoms with Gasteiger partial charge in [0.05, 0.1) is 18.2 Å². The molecule has 2 rings (SSSR count). The number of carbonyl (C=O) groups excluding carboxylic acids is 2. The summed E-state index contributed by atoms with van der Waals surface area (Å²) in [5, 5.41) is 3.12. The minimum absolute atomic E-state index is 0.282. The minimum Gasteiger partial charge on any atom is -0.465 e. The Morgan fingerprint density at radius 1 is 1.19 bits per heavy atom. The third kappa shape index (κ3) is 3.52. The molecule has 0 aliphatic heterocycles. The molecule has 0 aliphatic rings. The second kappa shape index (κ2) is 6.28. The van der Waals surface area contributed by atoms with Gasteiger partial charge in [-0.25, -0.2) is 4.79 Å². The van der Waals surface area contributed by atoms with E-state index in [9.17, 15) is 9.59 Å². The summed E-state index contributed by atoms with van der Waals surface area (Å²) in [4.78, 5) is 23.6. The summed E-state index contributed by atoms with van der Waals surface area (Å²) in [6.07, 6.45) is 0. The van der Waals surface area contributed by atoms with Crippen molar-refractivity contribution in [3.8, 4) is 0 Å². The van der Waals surface area contributed by atoms with E-state index in [0.29, 0.717) is 21.8 Å². The lowest BCUT2D eigenvalue weighted by molar-refractivity contribution is 0.0600. The number of hydrogen-bond donors (Lipinski definition) is 2. The van der Waals surface area contributed by atoms with Crippen LogP contribution in [0.2, 0.25) is 5.02 Å². The fraction of sp³-hybridized carbons (Fsp3) is 0.0667. The lowest BCUT2D eigenvalue weighted by Crippen LogP contribution is -2.14. The number of rotatable bonds is 3. The Kier molecular flexibility index (Phi) is 4.45. The molecule has 1 amide bonds. The van der Waals surface area contributed by atoms with Crippen LogP contribution in [0.1, 0.15) is 20.7 Å². The van der Waals surface area contributed by atoms with Crippen LogP contribution < -0.4 is 11.1 Å². The average Bonchev–Trinajstić information content (AvgIpc) is 2.46. The van der Waals surface area contributed by atoms with E-state index in [1.165, 1.54) is 25.3 Å². The van der Waals surface area contributed by atoms with Crippen molar-refractivity contribution in [2.24, 2.45) is 0 Å². The summed E-state index contributed by atoms with van der Waals surface area (Å²) >= 11 is 5.79. The fourth-order valence-corrected chi connectivity index (χ4v) is 1.96. The molecule has 6 heteroatoms. The van der Waals surface area contributed by atoms with Gasteiger partial charge in [-0.05, 0) is 36.4 Å². The summed E-state index contributed by atoms with van der Waals surface area (Å²) < 4.78 is 4.63. The van der Waals surface area contributed by atoms with Crippen LogP contribution in [0.4, 0.5) is 11.4 Å². The molecule has 0 radical (unpaired) electrons. The van der Waals surface area contributed by atoms with Gasteiger partial charge >= 0.3 is 5.97 Å². The van der Waals surface area contributed by atoms with Crippen molar-refractivity contribution >= 4 is 34.9 Å². The van der Waals surface area contributed by atoms with Crippen LogP contribution in [0.3, 0.4) is 0 Å². The molecule has 21 heavy (non-hydrogen) atoms. The van der Waals surface area contributed by atoms with Gasteiger partial charge in [0.1, 0.15) is 0 Å². The van der Waals surface area contributed by atoms with E-state index >= 15 is 0 Å². The highest BCUT2D eigenvalue weighted by molar-refractivity contribution is 6.31. The first kappa shape index (κ1) is 14.9. The van der Waals surface area contributed by atoms with Gasteiger partial charge < -0.3 is 15.8 Å². The van der Waals surface area contributed by atoms with Crippen molar-refractivity contribution in [3.63, 3.8) is 0 Å². The normalized spacial score (nSPS) is 10.0. The Labute approximate surface area is 126 Å². The molecule has 5 nitrogen and oxygen atoms in total. The van der Waals surface area contributed by atoms with Gasteiger partial charge in [-0.1, -0.05) is 17.7 Å². The lowest BCUT2D eigenvalue weighted by atomic mass is 10.1. The minimum atomic E-state index is -0.475. The molecule has 0 spiro atoms. The third-order valence-electron chi connectivity index (χ3n) is 2.80. The molecule has 0 heterocycles. The van der Waals surface area contributed by atoms with Gasteiger partial charge in [0, 0.05) is 16.4 Å². The quantitative estimate of drug-likeness (QED) is 0.674. The highest BCUT2D eigenvalue weighted by atomic mass is 35.5. The van der Waals surface area contributed by atoms with E-state index in [0.717, 1.165) is 0 Å². The molecular formula is C15H13ClN2O3. The van der Waals surface area contributed by atoms with Gasteiger partial charge in [-0.15, -0.1) is 0 Å². The second-order valence-corrected chi connectivity index (χ2v) is 4.69. The van der Waals surface area contributed by atoms with E-state index in [1.54, 1.807) is 24.3 Å². The molecule has 0 saturated carbocycles. The first-order valence-corrected chi connectivity index (χ1v) is 6.44. The monoisotopic (exact) mass is 304 g/mol. The van der Waals surface area contributed by atoms with Gasteiger partial charge in [0.15, 0.2) is 0 Å². The molecule has 0 fully saturated rings. The van der Waals surface area contributed by atoms with Crippen LogP contribution >= 0.6 is 11.6 Å². The smallest absolute Gasteiger partial charge is 0.337 e. The maximum atomic E-state index is 12.1. The Hall–Kier alpha value is -2.53. The number of nitrogens with two attached hydrogens (primary N) is 1. The molecular weight excluding hydrogens is 292 g/mol. The first-order valence-electron chi connectivity index (χ1n) is 6.06. The maximum absolute atomic E-state index is 12.1. The highest BCUT2D eigenvalue weighted by Crippen LogP contribution is 2.20. The number of anilines is 2. The first-order chi connectivity index (χ1) is 10.0. The molecule has 3 N–H and O–H groups in total. The van der Waals surface area contributed by atoms with Gasteiger partial charge in [0.25, 0.3) is 5.91 Å². The zero-order valence-corrected chi connectivity index (χ0v) is 12.0.